The number of nitrogens with zero attached hydrogens (tertiary/aromatic N) is 2. The third-order valence-corrected chi connectivity index (χ3v) is 3.67. The van der Waals surface area contributed by atoms with Gasteiger partial charge in [0, 0.05) is 19.1 Å². The maximum Gasteiger partial charge on any atom is 0.435 e. The van der Waals surface area contributed by atoms with Crippen LogP contribution < -0.4 is 10.6 Å². The summed E-state index contributed by atoms with van der Waals surface area (Å²) in [6, 6.07) is 2.81. The van der Waals surface area contributed by atoms with Gasteiger partial charge in [-0.3, -0.25) is 0 Å². The van der Waals surface area contributed by atoms with Crippen molar-refractivity contribution in [2.24, 2.45) is 0 Å². The highest BCUT2D eigenvalue weighted by atomic mass is 19.4. The fourth-order valence-corrected chi connectivity index (χ4v) is 2.53. The molecule has 1 aliphatic carbocycles. The van der Waals surface area contributed by atoms with E-state index in [-0.39, 0.29) is 0 Å². The summed E-state index contributed by atoms with van der Waals surface area (Å²) in [5, 5.41) is 13.2. The van der Waals surface area contributed by atoms with Crippen molar-refractivity contribution in [2.45, 2.75) is 50.7 Å². The van der Waals surface area contributed by atoms with Gasteiger partial charge in [0.25, 0.3) is 0 Å². The van der Waals surface area contributed by atoms with E-state index in [4.69, 9.17) is 0 Å². The molecular formula is C14H21F3N4. The van der Waals surface area contributed by atoms with Crippen molar-refractivity contribution in [3.05, 3.63) is 17.8 Å². The molecule has 1 aliphatic rings. The van der Waals surface area contributed by atoms with Crippen molar-refractivity contribution < 1.29 is 13.2 Å². The zero-order valence-electron chi connectivity index (χ0n) is 11.9. The van der Waals surface area contributed by atoms with Crippen LogP contribution in [0.5, 0.6) is 0 Å². The molecule has 7 heteroatoms. The number of hydrogen-bond acceptors (Lipinski definition) is 4. The summed E-state index contributed by atoms with van der Waals surface area (Å²) in [7, 11) is 0. The standard InChI is InChI=1S/C14H21F3N4/c15-14(16,17)12-7-8-13(21-20-12)19-10-9-18-11-5-3-1-2-4-6-11/h7-8,11,18H,1-6,9-10H2,(H,19,21). The Balaban J connectivity index is 1.68. The molecule has 0 aliphatic heterocycles. The lowest BCUT2D eigenvalue weighted by Crippen LogP contribution is -2.32. The normalized spacial score (nSPS) is 17.5. The Labute approximate surface area is 122 Å². The van der Waals surface area contributed by atoms with Crippen molar-refractivity contribution in [2.75, 3.05) is 18.4 Å². The zero-order valence-corrected chi connectivity index (χ0v) is 11.9. The number of alkyl halides is 3. The highest BCUT2D eigenvalue weighted by Gasteiger charge is 2.32. The van der Waals surface area contributed by atoms with Crippen LogP contribution in [-0.4, -0.2) is 29.3 Å². The van der Waals surface area contributed by atoms with Crippen molar-refractivity contribution in [1.29, 1.82) is 0 Å². The molecule has 0 radical (unpaired) electrons. The maximum absolute atomic E-state index is 12.3. The first-order valence-corrected chi connectivity index (χ1v) is 7.44. The average Bonchev–Trinajstić information content (AvgIpc) is 2.72. The van der Waals surface area contributed by atoms with E-state index in [1.165, 1.54) is 44.6 Å². The summed E-state index contributed by atoms with van der Waals surface area (Å²) in [4.78, 5) is 0. The number of anilines is 1. The molecule has 0 amide bonds. The van der Waals surface area contributed by atoms with E-state index in [1.54, 1.807) is 0 Å². The van der Waals surface area contributed by atoms with Crippen LogP contribution in [0.15, 0.2) is 12.1 Å². The summed E-state index contributed by atoms with van der Waals surface area (Å²) in [6.45, 7) is 1.39. The SMILES string of the molecule is FC(F)(F)c1ccc(NCCNC2CCCCCC2)nn1. The first-order valence-electron chi connectivity index (χ1n) is 7.44. The molecule has 1 heterocycles. The van der Waals surface area contributed by atoms with Crippen LogP contribution in [0.3, 0.4) is 0 Å². The number of nitrogens with one attached hydrogen (secondary N) is 2. The monoisotopic (exact) mass is 302 g/mol. The molecular weight excluding hydrogens is 281 g/mol. The Morgan fingerprint density at radius 1 is 1.00 bits per heavy atom. The van der Waals surface area contributed by atoms with Crippen molar-refractivity contribution in [3.63, 3.8) is 0 Å². The van der Waals surface area contributed by atoms with Crippen molar-refractivity contribution >= 4 is 5.82 Å². The highest BCUT2D eigenvalue weighted by molar-refractivity contribution is 5.33. The minimum absolute atomic E-state index is 0.366. The number of halogens is 3. The van der Waals surface area contributed by atoms with Gasteiger partial charge in [-0.1, -0.05) is 25.7 Å². The largest absolute Gasteiger partial charge is 0.435 e. The Morgan fingerprint density at radius 2 is 1.71 bits per heavy atom. The molecule has 1 aromatic heterocycles. The van der Waals surface area contributed by atoms with Crippen molar-refractivity contribution in [3.8, 4) is 0 Å². The third kappa shape index (κ3) is 5.49. The van der Waals surface area contributed by atoms with E-state index < -0.39 is 11.9 Å². The van der Waals surface area contributed by atoms with Gasteiger partial charge in [-0.25, -0.2) is 0 Å². The van der Waals surface area contributed by atoms with Crippen molar-refractivity contribution in [1.82, 2.24) is 15.5 Å². The Bertz CT molecular complexity index is 411. The second kappa shape index (κ2) is 7.59. The van der Waals surface area contributed by atoms with Gasteiger partial charge < -0.3 is 10.6 Å². The van der Waals surface area contributed by atoms with Gasteiger partial charge >= 0.3 is 6.18 Å². The van der Waals surface area contributed by atoms with E-state index in [9.17, 15) is 13.2 Å². The molecule has 0 aromatic carbocycles. The average molecular weight is 302 g/mol. The van der Waals surface area contributed by atoms with E-state index in [2.05, 4.69) is 20.8 Å². The van der Waals surface area contributed by atoms with E-state index in [0.717, 1.165) is 12.6 Å². The number of rotatable bonds is 5. The summed E-state index contributed by atoms with van der Waals surface area (Å²) in [6.07, 6.45) is 3.16. The van der Waals surface area contributed by atoms with Gasteiger partial charge in [0.15, 0.2) is 5.69 Å². The molecule has 0 saturated heterocycles. The van der Waals surface area contributed by atoms with E-state index in [1.807, 2.05) is 0 Å². The minimum Gasteiger partial charge on any atom is -0.367 e. The second-order valence-electron chi connectivity index (χ2n) is 5.37. The Morgan fingerprint density at radius 3 is 2.29 bits per heavy atom. The van der Waals surface area contributed by atoms with Crippen LogP contribution in [0.1, 0.15) is 44.2 Å². The molecule has 2 rings (SSSR count). The maximum atomic E-state index is 12.3. The molecule has 21 heavy (non-hydrogen) atoms. The number of aromatic nitrogens is 2. The van der Waals surface area contributed by atoms with Crippen LogP contribution in [-0.2, 0) is 6.18 Å². The number of hydrogen-bond donors (Lipinski definition) is 2. The first-order chi connectivity index (χ1) is 10.1. The topological polar surface area (TPSA) is 49.8 Å². The molecule has 2 N–H and O–H groups in total. The lowest BCUT2D eigenvalue weighted by atomic mass is 10.1. The van der Waals surface area contributed by atoms with Gasteiger partial charge in [-0.05, 0) is 25.0 Å². The van der Waals surface area contributed by atoms with Crippen LogP contribution in [0.2, 0.25) is 0 Å². The van der Waals surface area contributed by atoms with Gasteiger partial charge in [0.05, 0.1) is 0 Å². The van der Waals surface area contributed by atoms with Gasteiger partial charge in [0.1, 0.15) is 5.82 Å². The fourth-order valence-electron chi connectivity index (χ4n) is 2.53. The lowest BCUT2D eigenvalue weighted by Gasteiger charge is -2.16. The van der Waals surface area contributed by atoms with Gasteiger partial charge in [-0.2, -0.15) is 13.2 Å². The smallest absolute Gasteiger partial charge is 0.367 e. The minimum atomic E-state index is -4.44. The molecule has 118 valence electrons. The predicted molar refractivity (Wildman–Crippen MR) is 75.0 cm³/mol. The molecule has 0 unspecified atom stereocenters. The van der Waals surface area contributed by atoms with E-state index in [0.29, 0.717) is 18.4 Å². The van der Waals surface area contributed by atoms with Crippen LogP contribution >= 0.6 is 0 Å². The quantitative estimate of drug-likeness (QED) is 0.648. The molecule has 1 aromatic rings. The molecule has 0 bridgehead atoms. The van der Waals surface area contributed by atoms with E-state index >= 15 is 0 Å². The zero-order chi connectivity index (χ0) is 15.1. The molecule has 1 saturated carbocycles. The van der Waals surface area contributed by atoms with Crippen LogP contribution in [0.25, 0.3) is 0 Å². The first kappa shape index (κ1) is 16.0. The van der Waals surface area contributed by atoms with Gasteiger partial charge in [0.2, 0.25) is 0 Å². The summed E-state index contributed by atoms with van der Waals surface area (Å²) < 4.78 is 37.0. The fraction of sp³-hybridized carbons (Fsp3) is 0.714. The summed E-state index contributed by atoms with van der Waals surface area (Å²) in [5.41, 5.74) is -0.968. The van der Waals surface area contributed by atoms with Crippen LogP contribution in [0, 0.1) is 0 Å². The highest BCUT2D eigenvalue weighted by Crippen LogP contribution is 2.27. The predicted octanol–water partition coefficient (Wildman–Crippen LogP) is 3.22. The molecule has 1 fully saturated rings. The Kier molecular flexibility index (Phi) is 5.78. The van der Waals surface area contributed by atoms with Crippen LogP contribution in [0.4, 0.5) is 19.0 Å². The lowest BCUT2D eigenvalue weighted by molar-refractivity contribution is -0.141. The summed E-state index contributed by atoms with van der Waals surface area (Å²) >= 11 is 0. The molecule has 0 spiro atoms. The molecule has 0 atom stereocenters. The second-order valence-corrected chi connectivity index (χ2v) is 5.37. The Hall–Kier alpha value is -1.37. The molecule has 4 nitrogen and oxygen atoms in total. The summed E-state index contributed by atoms with van der Waals surface area (Å²) in [5.74, 6) is 0.366. The van der Waals surface area contributed by atoms with Gasteiger partial charge in [-0.15, -0.1) is 10.2 Å². The third-order valence-electron chi connectivity index (χ3n) is 3.67.